The third kappa shape index (κ3) is 5.82. The number of esters is 1. The second-order valence-corrected chi connectivity index (χ2v) is 7.65. The van der Waals surface area contributed by atoms with Crippen molar-refractivity contribution in [2.45, 2.75) is 24.8 Å². The maximum absolute atomic E-state index is 12.8. The molecule has 0 saturated carbocycles. The van der Waals surface area contributed by atoms with E-state index in [9.17, 15) is 27.0 Å². The quantitative estimate of drug-likeness (QED) is 0.724. The standard InChI is InChI=1S/C17H20F3NO4S/c1-26(24)11-12-4-2-5-13(8-12)16(23)25-10-15(22)21-7-3-6-14(9-21)17(18,19)20/h2,4-5,8,14H,3,6-7,9-11H2,1H3. The van der Waals surface area contributed by atoms with E-state index in [1.54, 1.807) is 12.1 Å². The Morgan fingerprint density at radius 2 is 2.08 bits per heavy atom. The third-order valence-electron chi connectivity index (χ3n) is 4.10. The Balaban J connectivity index is 1.90. The molecule has 0 N–H and O–H groups in total. The molecule has 0 aromatic heterocycles. The molecular formula is C17H20F3NO4S. The largest absolute Gasteiger partial charge is 0.452 e. The summed E-state index contributed by atoms with van der Waals surface area (Å²) in [6, 6.07) is 6.35. The first-order valence-electron chi connectivity index (χ1n) is 8.07. The summed E-state index contributed by atoms with van der Waals surface area (Å²) < 4.78 is 54.6. The van der Waals surface area contributed by atoms with Crippen LogP contribution in [0, 0.1) is 5.92 Å². The zero-order valence-corrected chi connectivity index (χ0v) is 15.1. The Labute approximate surface area is 152 Å². The molecule has 26 heavy (non-hydrogen) atoms. The van der Waals surface area contributed by atoms with Crippen molar-refractivity contribution < 1.29 is 31.7 Å². The lowest BCUT2D eigenvalue weighted by molar-refractivity contribution is -0.188. The van der Waals surface area contributed by atoms with E-state index in [1.807, 2.05) is 0 Å². The van der Waals surface area contributed by atoms with Gasteiger partial charge in [-0.05, 0) is 30.5 Å². The number of ether oxygens (including phenoxy) is 1. The first kappa shape index (κ1) is 20.4. The van der Waals surface area contributed by atoms with Gasteiger partial charge in [-0.3, -0.25) is 9.00 Å². The zero-order valence-electron chi connectivity index (χ0n) is 14.3. The summed E-state index contributed by atoms with van der Waals surface area (Å²) in [6.07, 6.45) is -2.54. The van der Waals surface area contributed by atoms with Crippen LogP contribution in [0.25, 0.3) is 0 Å². The van der Waals surface area contributed by atoms with E-state index in [0.29, 0.717) is 5.56 Å². The Bertz CT molecular complexity index is 693. The van der Waals surface area contributed by atoms with Crippen LogP contribution in [-0.2, 0) is 26.1 Å². The maximum atomic E-state index is 12.8. The topological polar surface area (TPSA) is 63.7 Å². The third-order valence-corrected chi connectivity index (χ3v) is 4.84. The van der Waals surface area contributed by atoms with Crippen LogP contribution in [0.5, 0.6) is 0 Å². The van der Waals surface area contributed by atoms with Crippen LogP contribution < -0.4 is 0 Å². The molecule has 0 aliphatic carbocycles. The van der Waals surface area contributed by atoms with E-state index in [1.165, 1.54) is 18.4 Å². The van der Waals surface area contributed by atoms with Crippen molar-refractivity contribution in [3.8, 4) is 0 Å². The number of benzene rings is 1. The van der Waals surface area contributed by atoms with E-state index in [0.717, 1.165) is 4.90 Å². The first-order chi connectivity index (χ1) is 12.2. The molecule has 2 rings (SSSR count). The van der Waals surface area contributed by atoms with Gasteiger partial charge in [0.15, 0.2) is 6.61 Å². The van der Waals surface area contributed by atoms with Crippen LogP contribution >= 0.6 is 0 Å². The fourth-order valence-corrected chi connectivity index (χ4v) is 3.44. The molecule has 5 nitrogen and oxygen atoms in total. The molecule has 2 atom stereocenters. The molecule has 0 spiro atoms. The second kappa shape index (κ2) is 8.66. The lowest BCUT2D eigenvalue weighted by Crippen LogP contribution is -2.46. The van der Waals surface area contributed by atoms with Crippen LogP contribution in [0.4, 0.5) is 13.2 Å². The van der Waals surface area contributed by atoms with Gasteiger partial charge in [-0.15, -0.1) is 0 Å². The molecule has 0 radical (unpaired) electrons. The van der Waals surface area contributed by atoms with Gasteiger partial charge in [-0.25, -0.2) is 4.79 Å². The molecule has 1 saturated heterocycles. The number of amides is 1. The van der Waals surface area contributed by atoms with Crippen LogP contribution in [0.1, 0.15) is 28.8 Å². The number of rotatable bonds is 5. The summed E-state index contributed by atoms with van der Waals surface area (Å²) >= 11 is 0. The van der Waals surface area contributed by atoms with Gasteiger partial charge in [0.2, 0.25) is 0 Å². The summed E-state index contributed by atoms with van der Waals surface area (Å²) in [7, 11) is -1.07. The summed E-state index contributed by atoms with van der Waals surface area (Å²) in [6.45, 7) is -0.786. The molecule has 9 heteroatoms. The lowest BCUT2D eigenvalue weighted by atomic mass is 9.97. The van der Waals surface area contributed by atoms with Gasteiger partial charge in [0, 0.05) is 35.9 Å². The average molecular weight is 391 g/mol. The van der Waals surface area contributed by atoms with Gasteiger partial charge >= 0.3 is 12.1 Å². The monoisotopic (exact) mass is 391 g/mol. The number of piperidine rings is 1. The van der Waals surface area contributed by atoms with Crippen molar-refractivity contribution >= 4 is 22.7 Å². The number of hydrogen-bond donors (Lipinski definition) is 0. The normalized spacial score (nSPS) is 19.1. The van der Waals surface area contributed by atoms with Gasteiger partial charge in [0.1, 0.15) is 0 Å². The SMILES string of the molecule is CS(=O)Cc1cccc(C(=O)OCC(=O)N2CCCC(C(F)(F)F)C2)c1. The average Bonchev–Trinajstić information content (AvgIpc) is 2.58. The molecule has 0 bridgehead atoms. The number of halogens is 3. The van der Waals surface area contributed by atoms with Gasteiger partial charge in [-0.1, -0.05) is 12.1 Å². The molecule has 1 aliphatic heterocycles. The number of hydrogen-bond acceptors (Lipinski definition) is 4. The molecule has 1 heterocycles. The van der Waals surface area contributed by atoms with E-state index in [-0.39, 0.29) is 30.7 Å². The minimum atomic E-state index is -4.34. The van der Waals surface area contributed by atoms with Crippen LogP contribution in [0.2, 0.25) is 0 Å². The number of likely N-dealkylation sites (tertiary alicyclic amines) is 1. The van der Waals surface area contributed by atoms with Gasteiger partial charge in [-0.2, -0.15) is 13.2 Å². The molecule has 144 valence electrons. The van der Waals surface area contributed by atoms with Crippen molar-refractivity contribution in [2.75, 3.05) is 26.0 Å². The number of nitrogens with zero attached hydrogens (tertiary/aromatic N) is 1. The van der Waals surface area contributed by atoms with Gasteiger partial charge in [0.25, 0.3) is 5.91 Å². The maximum Gasteiger partial charge on any atom is 0.393 e. The summed E-state index contributed by atoms with van der Waals surface area (Å²) in [5.74, 6) is -2.64. The highest BCUT2D eigenvalue weighted by Gasteiger charge is 2.42. The number of alkyl halides is 3. The Morgan fingerprint density at radius 3 is 2.73 bits per heavy atom. The van der Waals surface area contributed by atoms with Crippen LogP contribution in [0.3, 0.4) is 0 Å². The van der Waals surface area contributed by atoms with Crippen molar-refractivity contribution in [2.24, 2.45) is 5.92 Å². The van der Waals surface area contributed by atoms with Crippen LogP contribution in [0.15, 0.2) is 24.3 Å². The van der Waals surface area contributed by atoms with Crippen molar-refractivity contribution in [3.63, 3.8) is 0 Å². The highest BCUT2D eigenvalue weighted by Crippen LogP contribution is 2.33. The minimum Gasteiger partial charge on any atom is -0.452 e. The first-order valence-corrected chi connectivity index (χ1v) is 9.80. The van der Waals surface area contributed by atoms with Gasteiger partial charge < -0.3 is 9.64 Å². The molecule has 2 unspecified atom stereocenters. The molecule has 1 aromatic carbocycles. The zero-order chi connectivity index (χ0) is 19.3. The predicted molar refractivity (Wildman–Crippen MR) is 89.9 cm³/mol. The van der Waals surface area contributed by atoms with E-state index < -0.39 is 47.9 Å². The highest BCUT2D eigenvalue weighted by atomic mass is 32.2. The summed E-state index contributed by atoms with van der Waals surface area (Å²) in [5, 5.41) is 0. The fraction of sp³-hybridized carbons (Fsp3) is 0.529. The van der Waals surface area contributed by atoms with Crippen molar-refractivity contribution in [1.29, 1.82) is 0 Å². The predicted octanol–water partition coefficient (Wildman–Crippen LogP) is 2.52. The lowest BCUT2D eigenvalue weighted by Gasteiger charge is -2.33. The smallest absolute Gasteiger partial charge is 0.393 e. The fourth-order valence-electron chi connectivity index (χ4n) is 2.80. The van der Waals surface area contributed by atoms with Gasteiger partial charge in [0.05, 0.1) is 11.5 Å². The minimum absolute atomic E-state index is 0.00133. The van der Waals surface area contributed by atoms with Crippen molar-refractivity contribution in [1.82, 2.24) is 4.90 Å². The number of carbonyl (C=O) groups is 2. The van der Waals surface area contributed by atoms with Crippen molar-refractivity contribution in [3.05, 3.63) is 35.4 Å². The van der Waals surface area contributed by atoms with E-state index in [2.05, 4.69) is 0 Å². The van der Waals surface area contributed by atoms with Crippen LogP contribution in [-0.4, -0.2) is 53.1 Å². The molecule has 1 aliphatic rings. The highest BCUT2D eigenvalue weighted by molar-refractivity contribution is 7.83. The summed E-state index contributed by atoms with van der Waals surface area (Å²) in [4.78, 5) is 25.2. The van der Waals surface area contributed by atoms with E-state index >= 15 is 0 Å². The Morgan fingerprint density at radius 1 is 1.35 bits per heavy atom. The molecule has 1 aromatic rings. The number of carbonyl (C=O) groups excluding carboxylic acids is 2. The van der Waals surface area contributed by atoms with E-state index in [4.69, 9.17) is 4.74 Å². The Hall–Kier alpha value is -1.90. The molecule has 1 fully saturated rings. The molecule has 1 amide bonds. The second-order valence-electron chi connectivity index (χ2n) is 6.21. The summed E-state index contributed by atoms with van der Waals surface area (Å²) in [5.41, 5.74) is 0.892. The Kier molecular flexibility index (Phi) is 6.80. The molecular weight excluding hydrogens is 371 g/mol.